The molecule has 2 aliphatic rings. The van der Waals surface area contributed by atoms with Crippen LogP contribution in [0.2, 0.25) is 0 Å². The van der Waals surface area contributed by atoms with Crippen molar-refractivity contribution < 1.29 is 38.7 Å². The second-order valence-corrected chi connectivity index (χ2v) is 5.85. The number of hydroxylamine groups is 2. The minimum absolute atomic E-state index is 0.140. The maximum absolute atomic E-state index is 12.5. The molecule has 1 aromatic rings. The summed E-state index contributed by atoms with van der Waals surface area (Å²) in [7, 11) is 0. The summed E-state index contributed by atoms with van der Waals surface area (Å²) >= 11 is 0. The Hall–Kier alpha value is -3.76. The number of aromatic carboxylic acids is 1. The Kier molecular flexibility index (Phi) is 4.35. The van der Waals surface area contributed by atoms with E-state index in [1.54, 1.807) is 0 Å². The van der Waals surface area contributed by atoms with Crippen molar-refractivity contribution in [3.8, 4) is 0 Å². The lowest BCUT2D eigenvalue weighted by Gasteiger charge is -2.21. The molecule has 0 saturated carbocycles. The number of benzene rings is 1. The number of hydrogen-bond acceptors (Lipinski definition) is 8. The first-order valence-corrected chi connectivity index (χ1v) is 7.81. The summed E-state index contributed by atoms with van der Waals surface area (Å²) in [5.41, 5.74) is 3.88. The second-order valence-electron chi connectivity index (χ2n) is 5.85. The molecule has 0 atom stereocenters. The number of imide groups is 2. The summed E-state index contributed by atoms with van der Waals surface area (Å²) in [6.45, 7) is 0. The van der Waals surface area contributed by atoms with Crippen LogP contribution in [0.4, 0.5) is 11.4 Å². The number of amides is 4. The molecule has 0 spiro atoms. The Morgan fingerprint density at radius 1 is 0.889 bits per heavy atom. The maximum atomic E-state index is 12.5. The Morgan fingerprint density at radius 2 is 1.37 bits per heavy atom. The SMILES string of the molecule is Nc1cc(C(=O)O)c(N2C(=O)CCC2=O)c(C(=O)ON2C(=O)CCC2=O)c1. The molecule has 0 aliphatic carbocycles. The van der Waals surface area contributed by atoms with Crippen LogP contribution in [0.25, 0.3) is 0 Å². The fourth-order valence-corrected chi connectivity index (χ4v) is 2.83. The largest absolute Gasteiger partial charge is 0.478 e. The highest BCUT2D eigenvalue weighted by atomic mass is 16.7. The molecule has 2 heterocycles. The fourth-order valence-electron chi connectivity index (χ4n) is 2.83. The van der Waals surface area contributed by atoms with Crippen LogP contribution in [0.15, 0.2) is 12.1 Å². The molecule has 11 nitrogen and oxygen atoms in total. The van der Waals surface area contributed by atoms with E-state index in [1.807, 2.05) is 0 Å². The lowest BCUT2D eigenvalue weighted by atomic mass is 10.0. The highest BCUT2D eigenvalue weighted by molar-refractivity contribution is 6.24. The summed E-state index contributed by atoms with van der Waals surface area (Å²) in [6.07, 6.45) is -0.585. The number of nitrogens with zero attached hydrogens (tertiary/aromatic N) is 2. The lowest BCUT2D eigenvalue weighted by molar-refractivity contribution is -0.172. The Balaban J connectivity index is 2.11. The average molecular weight is 375 g/mol. The number of anilines is 2. The smallest absolute Gasteiger partial charge is 0.366 e. The second kappa shape index (κ2) is 6.52. The highest BCUT2D eigenvalue weighted by Gasteiger charge is 2.39. The molecule has 1 aromatic carbocycles. The molecular weight excluding hydrogens is 362 g/mol. The first-order chi connectivity index (χ1) is 12.7. The van der Waals surface area contributed by atoms with Gasteiger partial charge in [0.2, 0.25) is 11.8 Å². The number of carboxylic acids is 1. The Morgan fingerprint density at radius 3 is 1.89 bits per heavy atom. The summed E-state index contributed by atoms with van der Waals surface area (Å²) in [5, 5.41) is 9.69. The number of carboxylic acid groups (broad SMARTS) is 1. The van der Waals surface area contributed by atoms with Crippen molar-refractivity contribution in [2.45, 2.75) is 25.7 Å². The van der Waals surface area contributed by atoms with Crippen LogP contribution in [0.1, 0.15) is 46.4 Å². The number of nitrogens with two attached hydrogens (primary N) is 1. The van der Waals surface area contributed by atoms with E-state index in [9.17, 15) is 33.9 Å². The molecule has 11 heteroatoms. The molecule has 2 fully saturated rings. The molecule has 140 valence electrons. The molecule has 2 aliphatic heterocycles. The number of hydrogen-bond donors (Lipinski definition) is 2. The molecule has 2 saturated heterocycles. The number of carbonyl (C=O) groups is 6. The van der Waals surface area contributed by atoms with Crippen LogP contribution in [0.5, 0.6) is 0 Å². The van der Waals surface area contributed by atoms with E-state index in [-0.39, 0.29) is 36.4 Å². The molecule has 0 unspecified atom stereocenters. The standard InChI is InChI=1S/C16H13N3O8/c17-7-5-8(15(24)25)14(18-10(20)1-2-11(18)21)9(6-7)16(26)27-19-12(22)3-4-13(19)23/h5-6H,1-4,17H2,(H,24,25). The van der Waals surface area contributed by atoms with Gasteiger partial charge in [-0.15, -0.1) is 5.06 Å². The number of carbonyl (C=O) groups excluding carboxylic acids is 5. The van der Waals surface area contributed by atoms with Crippen molar-refractivity contribution >= 4 is 46.9 Å². The first-order valence-electron chi connectivity index (χ1n) is 7.81. The zero-order chi connectivity index (χ0) is 19.9. The summed E-state index contributed by atoms with van der Waals surface area (Å²) < 4.78 is 0. The van der Waals surface area contributed by atoms with Crippen molar-refractivity contribution in [1.82, 2.24) is 5.06 Å². The van der Waals surface area contributed by atoms with Gasteiger partial charge in [0.15, 0.2) is 0 Å². The van der Waals surface area contributed by atoms with Gasteiger partial charge in [-0.1, -0.05) is 0 Å². The Bertz CT molecular complexity index is 890. The van der Waals surface area contributed by atoms with Gasteiger partial charge in [0, 0.05) is 31.4 Å². The van der Waals surface area contributed by atoms with Crippen molar-refractivity contribution in [3.05, 3.63) is 23.3 Å². The van der Waals surface area contributed by atoms with E-state index in [4.69, 9.17) is 10.6 Å². The van der Waals surface area contributed by atoms with E-state index >= 15 is 0 Å². The number of nitrogen functional groups attached to an aromatic ring is 1. The third-order valence-corrected chi connectivity index (χ3v) is 4.04. The zero-order valence-corrected chi connectivity index (χ0v) is 13.8. The van der Waals surface area contributed by atoms with Crippen molar-refractivity contribution in [2.75, 3.05) is 10.6 Å². The van der Waals surface area contributed by atoms with Gasteiger partial charge < -0.3 is 15.7 Å². The predicted octanol–water partition coefficient (Wildman–Crippen LogP) is -0.159. The third-order valence-electron chi connectivity index (χ3n) is 4.04. The van der Waals surface area contributed by atoms with Crippen LogP contribution >= 0.6 is 0 Å². The molecular formula is C16H13N3O8. The topological polar surface area (TPSA) is 164 Å². The fraction of sp³-hybridized carbons (Fsp3) is 0.250. The summed E-state index contributed by atoms with van der Waals surface area (Å²) in [4.78, 5) is 76.9. The lowest BCUT2D eigenvalue weighted by Crippen LogP contribution is -2.35. The molecule has 0 radical (unpaired) electrons. The Labute approximate surface area is 151 Å². The first kappa shape index (κ1) is 18.0. The van der Waals surface area contributed by atoms with Gasteiger partial charge in [-0.25, -0.2) is 14.5 Å². The molecule has 3 rings (SSSR count). The van der Waals surface area contributed by atoms with Gasteiger partial charge >= 0.3 is 11.9 Å². The van der Waals surface area contributed by atoms with E-state index in [1.165, 1.54) is 0 Å². The summed E-state index contributed by atoms with van der Waals surface area (Å²) in [5.74, 6) is -5.72. The van der Waals surface area contributed by atoms with Crippen LogP contribution < -0.4 is 10.6 Å². The molecule has 0 bridgehead atoms. The summed E-state index contributed by atoms with van der Waals surface area (Å²) in [6, 6.07) is 1.99. The van der Waals surface area contributed by atoms with Crippen LogP contribution in [0.3, 0.4) is 0 Å². The molecule has 3 N–H and O–H groups in total. The van der Waals surface area contributed by atoms with E-state index < -0.39 is 52.4 Å². The molecule has 0 aromatic heterocycles. The minimum atomic E-state index is -1.54. The van der Waals surface area contributed by atoms with Gasteiger partial charge in [-0.2, -0.15) is 0 Å². The van der Waals surface area contributed by atoms with Crippen LogP contribution in [0, 0.1) is 0 Å². The van der Waals surface area contributed by atoms with Gasteiger partial charge in [-0.05, 0) is 12.1 Å². The minimum Gasteiger partial charge on any atom is -0.478 e. The van der Waals surface area contributed by atoms with Gasteiger partial charge in [0.1, 0.15) is 0 Å². The third kappa shape index (κ3) is 3.10. The van der Waals surface area contributed by atoms with Gasteiger partial charge in [0.05, 0.1) is 16.8 Å². The number of rotatable bonds is 4. The highest BCUT2D eigenvalue weighted by Crippen LogP contribution is 2.33. The van der Waals surface area contributed by atoms with Crippen molar-refractivity contribution in [1.29, 1.82) is 0 Å². The van der Waals surface area contributed by atoms with E-state index in [0.717, 1.165) is 12.1 Å². The monoisotopic (exact) mass is 375 g/mol. The quantitative estimate of drug-likeness (QED) is 0.537. The van der Waals surface area contributed by atoms with Crippen LogP contribution in [-0.2, 0) is 24.0 Å². The predicted molar refractivity (Wildman–Crippen MR) is 86.0 cm³/mol. The van der Waals surface area contributed by atoms with Crippen molar-refractivity contribution in [3.63, 3.8) is 0 Å². The van der Waals surface area contributed by atoms with Crippen LogP contribution in [-0.4, -0.2) is 45.7 Å². The van der Waals surface area contributed by atoms with Gasteiger partial charge in [-0.3, -0.25) is 19.2 Å². The van der Waals surface area contributed by atoms with E-state index in [2.05, 4.69) is 0 Å². The average Bonchev–Trinajstić information content (AvgIpc) is 3.10. The maximum Gasteiger partial charge on any atom is 0.366 e. The normalized spacial score (nSPS) is 17.0. The molecule has 4 amide bonds. The van der Waals surface area contributed by atoms with E-state index in [0.29, 0.717) is 4.90 Å². The zero-order valence-electron chi connectivity index (χ0n) is 13.8. The van der Waals surface area contributed by atoms with Gasteiger partial charge in [0.25, 0.3) is 11.8 Å². The molecule has 27 heavy (non-hydrogen) atoms. The van der Waals surface area contributed by atoms with Crippen molar-refractivity contribution in [2.24, 2.45) is 0 Å².